The average Bonchev–Trinajstić information content (AvgIpc) is 2.29. The molecule has 2 atom stereocenters. The van der Waals surface area contributed by atoms with Crippen molar-refractivity contribution in [1.29, 1.82) is 0 Å². The Balaban J connectivity index is 1.93. The van der Waals surface area contributed by atoms with Crippen molar-refractivity contribution in [1.82, 2.24) is 10.3 Å². The molecule has 1 aromatic rings. The number of aromatic nitrogens is 1. The largest absolute Gasteiger partial charge is 0.307 e. The molecule has 1 unspecified atom stereocenters. The molecule has 94 valence electrons. The highest BCUT2D eigenvalue weighted by Crippen LogP contribution is 2.34. The highest BCUT2D eigenvalue weighted by atomic mass is 32.2. The van der Waals surface area contributed by atoms with E-state index in [9.17, 15) is 0 Å². The Kier molecular flexibility index (Phi) is 4.10. The van der Waals surface area contributed by atoms with E-state index in [0.29, 0.717) is 17.5 Å². The van der Waals surface area contributed by atoms with Gasteiger partial charge in [-0.25, -0.2) is 0 Å². The fourth-order valence-electron chi connectivity index (χ4n) is 2.45. The maximum atomic E-state index is 4.18. The summed E-state index contributed by atoms with van der Waals surface area (Å²) in [6, 6.07) is 5.17. The van der Waals surface area contributed by atoms with Crippen LogP contribution in [0.4, 0.5) is 0 Å². The van der Waals surface area contributed by atoms with Crippen molar-refractivity contribution in [3.8, 4) is 0 Å². The van der Waals surface area contributed by atoms with E-state index in [1.54, 1.807) is 0 Å². The summed E-state index contributed by atoms with van der Waals surface area (Å²) >= 11 is 2.07. The van der Waals surface area contributed by atoms with Gasteiger partial charge in [-0.2, -0.15) is 11.8 Å². The van der Waals surface area contributed by atoms with E-state index in [2.05, 4.69) is 48.9 Å². The third kappa shape index (κ3) is 3.71. The minimum atomic E-state index is 0.392. The van der Waals surface area contributed by atoms with Crippen molar-refractivity contribution in [3.63, 3.8) is 0 Å². The lowest BCUT2D eigenvalue weighted by molar-refractivity contribution is 0.305. The summed E-state index contributed by atoms with van der Waals surface area (Å²) < 4.78 is 0. The summed E-state index contributed by atoms with van der Waals surface area (Å²) in [6.45, 7) is 6.95. The Morgan fingerprint density at radius 3 is 3.00 bits per heavy atom. The zero-order valence-electron chi connectivity index (χ0n) is 10.9. The molecule has 1 aliphatic rings. The molecule has 1 aromatic heterocycles. The molecule has 2 rings (SSSR count). The second-order valence-electron chi connectivity index (χ2n) is 5.76. The van der Waals surface area contributed by atoms with Crippen molar-refractivity contribution >= 4 is 11.8 Å². The fourth-order valence-corrected chi connectivity index (χ4v) is 3.74. The summed E-state index contributed by atoms with van der Waals surface area (Å²) in [5.74, 6) is 2.51. The second-order valence-corrected chi connectivity index (χ2v) is 6.79. The van der Waals surface area contributed by atoms with Gasteiger partial charge in [0.05, 0.1) is 0 Å². The van der Waals surface area contributed by atoms with Gasteiger partial charge in [-0.15, -0.1) is 0 Å². The summed E-state index contributed by atoms with van der Waals surface area (Å²) in [4.78, 5) is 4.18. The van der Waals surface area contributed by atoms with Gasteiger partial charge in [-0.05, 0) is 36.1 Å². The average molecular weight is 250 g/mol. The van der Waals surface area contributed by atoms with Crippen LogP contribution in [-0.2, 0) is 0 Å². The Morgan fingerprint density at radius 1 is 1.53 bits per heavy atom. The zero-order valence-corrected chi connectivity index (χ0v) is 11.8. The Bertz CT molecular complexity index is 350. The lowest BCUT2D eigenvalue weighted by Gasteiger charge is -2.36. The Morgan fingerprint density at radius 2 is 2.35 bits per heavy atom. The SMILES string of the molecule is C[C@@H](NC1CSCC(C)(C)C1)c1cccnc1. The Hall–Kier alpha value is -0.540. The van der Waals surface area contributed by atoms with Gasteiger partial charge in [0.15, 0.2) is 0 Å². The van der Waals surface area contributed by atoms with E-state index in [-0.39, 0.29) is 0 Å². The van der Waals surface area contributed by atoms with E-state index in [1.165, 1.54) is 23.5 Å². The van der Waals surface area contributed by atoms with E-state index >= 15 is 0 Å². The van der Waals surface area contributed by atoms with Crippen molar-refractivity contribution in [2.24, 2.45) is 5.41 Å². The van der Waals surface area contributed by atoms with E-state index in [4.69, 9.17) is 0 Å². The van der Waals surface area contributed by atoms with Crippen molar-refractivity contribution in [2.45, 2.75) is 39.3 Å². The second kappa shape index (κ2) is 5.40. The van der Waals surface area contributed by atoms with Gasteiger partial charge in [0.1, 0.15) is 0 Å². The molecule has 1 saturated heterocycles. The molecule has 0 amide bonds. The third-order valence-electron chi connectivity index (χ3n) is 3.28. The smallest absolute Gasteiger partial charge is 0.0315 e. The predicted molar refractivity (Wildman–Crippen MR) is 75.3 cm³/mol. The summed E-state index contributed by atoms with van der Waals surface area (Å²) in [5.41, 5.74) is 1.75. The first-order valence-corrected chi connectivity index (χ1v) is 7.46. The number of rotatable bonds is 3. The maximum absolute atomic E-state index is 4.18. The molecule has 0 aromatic carbocycles. The van der Waals surface area contributed by atoms with Crippen LogP contribution in [0.2, 0.25) is 0 Å². The van der Waals surface area contributed by atoms with Crippen LogP contribution < -0.4 is 5.32 Å². The highest BCUT2D eigenvalue weighted by molar-refractivity contribution is 7.99. The molecule has 0 bridgehead atoms. The molecular weight excluding hydrogens is 228 g/mol. The van der Waals surface area contributed by atoms with E-state index in [0.717, 1.165) is 0 Å². The van der Waals surface area contributed by atoms with Crippen molar-refractivity contribution < 1.29 is 0 Å². The molecule has 0 aliphatic carbocycles. The number of nitrogens with one attached hydrogen (secondary N) is 1. The quantitative estimate of drug-likeness (QED) is 0.891. The van der Waals surface area contributed by atoms with Crippen LogP contribution >= 0.6 is 11.8 Å². The third-order valence-corrected chi connectivity index (χ3v) is 4.90. The predicted octanol–water partition coefficient (Wildman–Crippen LogP) is 3.26. The summed E-state index contributed by atoms with van der Waals surface area (Å²) in [7, 11) is 0. The highest BCUT2D eigenvalue weighted by Gasteiger charge is 2.29. The van der Waals surface area contributed by atoms with Gasteiger partial charge in [0.25, 0.3) is 0 Å². The van der Waals surface area contributed by atoms with Gasteiger partial charge < -0.3 is 5.32 Å². The number of hydrogen-bond donors (Lipinski definition) is 1. The number of nitrogens with zero attached hydrogens (tertiary/aromatic N) is 1. The molecule has 1 aliphatic heterocycles. The first kappa shape index (κ1) is 12.9. The van der Waals surface area contributed by atoms with Crippen molar-refractivity contribution in [3.05, 3.63) is 30.1 Å². The molecule has 1 fully saturated rings. The van der Waals surface area contributed by atoms with Crippen LogP contribution in [-0.4, -0.2) is 22.5 Å². The normalized spacial score (nSPS) is 25.5. The van der Waals surface area contributed by atoms with Gasteiger partial charge in [0.2, 0.25) is 0 Å². The zero-order chi connectivity index (χ0) is 12.3. The summed E-state index contributed by atoms with van der Waals surface area (Å²) in [6.07, 6.45) is 5.05. The van der Waals surface area contributed by atoms with Crippen molar-refractivity contribution in [2.75, 3.05) is 11.5 Å². The molecule has 1 N–H and O–H groups in total. The molecule has 2 heterocycles. The van der Waals surface area contributed by atoms with Gasteiger partial charge >= 0.3 is 0 Å². The van der Waals surface area contributed by atoms with Crippen LogP contribution in [0.3, 0.4) is 0 Å². The molecule has 0 radical (unpaired) electrons. The van der Waals surface area contributed by atoms with E-state index < -0.39 is 0 Å². The maximum Gasteiger partial charge on any atom is 0.0315 e. The van der Waals surface area contributed by atoms with Gasteiger partial charge in [-0.1, -0.05) is 19.9 Å². The van der Waals surface area contributed by atoms with Crippen LogP contribution in [0.5, 0.6) is 0 Å². The van der Waals surface area contributed by atoms with Gasteiger partial charge in [0, 0.05) is 30.2 Å². The van der Waals surface area contributed by atoms with Crippen LogP contribution in [0.25, 0.3) is 0 Å². The molecule has 3 heteroatoms. The van der Waals surface area contributed by atoms with Crippen LogP contribution in [0.1, 0.15) is 38.8 Å². The lowest BCUT2D eigenvalue weighted by atomic mass is 9.87. The van der Waals surface area contributed by atoms with Crippen LogP contribution in [0, 0.1) is 5.41 Å². The number of pyridine rings is 1. The van der Waals surface area contributed by atoms with Crippen LogP contribution in [0.15, 0.2) is 24.5 Å². The minimum absolute atomic E-state index is 0.392. The number of thioether (sulfide) groups is 1. The molecule has 2 nitrogen and oxygen atoms in total. The fraction of sp³-hybridized carbons (Fsp3) is 0.643. The Labute approximate surface area is 109 Å². The van der Waals surface area contributed by atoms with Gasteiger partial charge in [-0.3, -0.25) is 4.98 Å². The lowest BCUT2D eigenvalue weighted by Crippen LogP contribution is -2.41. The first-order valence-electron chi connectivity index (χ1n) is 6.30. The molecule has 17 heavy (non-hydrogen) atoms. The first-order chi connectivity index (χ1) is 8.07. The molecule has 0 spiro atoms. The minimum Gasteiger partial charge on any atom is -0.307 e. The molecular formula is C14H22N2S. The monoisotopic (exact) mass is 250 g/mol. The topological polar surface area (TPSA) is 24.9 Å². The van der Waals surface area contributed by atoms with E-state index in [1.807, 2.05) is 18.5 Å². The standard InChI is InChI=1S/C14H22N2S/c1-11(12-5-4-6-15-8-12)16-13-7-14(2,3)10-17-9-13/h4-6,8,11,13,16H,7,9-10H2,1-3H3/t11-,13?/m1/s1. The summed E-state index contributed by atoms with van der Waals surface area (Å²) in [5, 5.41) is 3.73. The number of hydrogen-bond acceptors (Lipinski definition) is 3. The molecule has 0 saturated carbocycles.